The van der Waals surface area contributed by atoms with Gasteiger partial charge in [0.1, 0.15) is 5.58 Å². The first-order valence-corrected chi connectivity index (χ1v) is 7.47. The van der Waals surface area contributed by atoms with Crippen molar-refractivity contribution in [3.8, 4) is 0 Å². The van der Waals surface area contributed by atoms with E-state index in [0.29, 0.717) is 10.8 Å². The Morgan fingerprint density at radius 2 is 1.79 bits per heavy atom. The number of halogens is 1. The van der Waals surface area contributed by atoms with Gasteiger partial charge in [0.05, 0.1) is 0 Å². The highest BCUT2D eigenvalue weighted by Crippen LogP contribution is 2.21. The van der Waals surface area contributed by atoms with Crippen molar-refractivity contribution in [2.24, 2.45) is 0 Å². The van der Waals surface area contributed by atoms with E-state index in [9.17, 15) is 4.79 Å². The SMILES string of the molecule is Cc1ccc2oc(C(=O)C=Cc3ccc(Cl)cc3)cc2c1.O=CO. The molecule has 24 heavy (non-hydrogen) atoms. The summed E-state index contributed by atoms with van der Waals surface area (Å²) in [4.78, 5) is 20.5. The summed E-state index contributed by atoms with van der Waals surface area (Å²) in [6.07, 6.45) is 3.25. The summed E-state index contributed by atoms with van der Waals surface area (Å²) in [6.45, 7) is 1.76. The van der Waals surface area contributed by atoms with E-state index in [0.717, 1.165) is 22.1 Å². The second-order valence-electron chi connectivity index (χ2n) is 5.01. The molecule has 0 fully saturated rings. The fourth-order valence-corrected chi connectivity index (χ4v) is 2.24. The van der Waals surface area contributed by atoms with Gasteiger partial charge >= 0.3 is 0 Å². The lowest BCUT2D eigenvalue weighted by Crippen LogP contribution is -1.90. The van der Waals surface area contributed by atoms with Gasteiger partial charge in [-0.1, -0.05) is 41.4 Å². The Hall–Kier alpha value is -2.85. The Labute approximate surface area is 144 Å². The van der Waals surface area contributed by atoms with Crippen molar-refractivity contribution in [1.82, 2.24) is 0 Å². The van der Waals surface area contributed by atoms with Gasteiger partial charge in [-0.05, 0) is 48.9 Å². The van der Waals surface area contributed by atoms with Crippen LogP contribution in [-0.4, -0.2) is 17.4 Å². The standard InChI is InChI=1S/C18H13ClO2.CH2O2/c1-12-2-9-17-14(10-12)11-18(21-17)16(20)8-5-13-3-6-15(19)7-4-13;2-1-3/h2-11H,1H3;1H,(H,2,3). The monoisotopic (exact) mass is 342 g/mol. The Kier molecular flexibility index (Phi) is 5.93. The molecule has 0 unspecified atom stereocenters. The van der Waals surface area contributed by atoms with Crippen molar-refractivity contribution in [2.75, 3.05) is 0 Å². The molecule has 0 amide bonds. The highest BCUT2D eigenvalue weighted by atomic mass is 35.5. The van der Waals surface area contributed by atoms with E-state index in [4.69, 9.17) is 25.9 Å². The summed E-state index contributed by atoms with van der Waals surface area (Å²) in [6, 6.07) is 14.9. The van der Waals surface area contributed by atoms with Gasteiger partial charge in [0.2, 0.25) is 5.78 Å². The summed E-state index contributed by atoms with van der Waals surface area (Å²) >= 11 is 5.82. The number of furan rings is 1. The van der Waals surface area contributed by atoms with Crippen LogP contribution in [0.4, 0.5) is 0 Å². The molecule has 0 aliphatic carbocycles. The van der Waals surface area contributed by atoms with E-state index < -0.39 is 0 Å². The minimum Gasteiger partial charge on any atom is -0.483 e. The molecule has 0 radical (unpaired) electrons. The second kappa shape index (κ2) is 8.13. The average molecular weight is 343 g/mol. The second-order valence-corrected chi connectivity index (χ2v) is 5.44. The molecular weight excluding hydrogens is 328 g/mol. The molecule has 0 saturated carbocycles. The maximum Gasteiger partial charge on any atom is 0.290 e. The van der Waals surface area contributed by atoms with Gasteiger partial charge < -0.3 is 9.52 Å². The summed E-state index contributed by atoms with van der Waals surface area (Å²) in [5.41, 5.74) is 2.78. The van der Waals surface area contributed by atoms with E-state index >= 15 is 0 Å². The number of rotatable bonds is 3. The first-order valence-electron chi connectivity index (χ1n) is 7.09. The van der Waals surface area contributed by atoms with Crippen LogP contribution in [-0.2, 0) is 4.79 Å². The number of carbonyl (C=O) groups is 2. The lowest BCUT2D eigenvalue weighted by molar-refractivity contribution is -0.122. The van der Waals surface area contributed by atoms with Crippen LogP contribution in [0.5, 0.6) is 0 Å². The lowest BCUT2D eigenvalue weighted by Gasteiger charge is -1.93. The molecule has 3 rings (SSSR count). The fraction of sp³-hybridized carbons (Fsp3) is 0.0526. The van der Waals surface area contributed by atoms with Gasteiger partial charge in [0.15, 0.2) is 5.76 Å². The highest BCUT2D eigenvalue weighted by Gasteiger charge is 2.09. The van der Waals surface area contributed by atoms with E-state index in [-0.39, 0.29) is 12.3 Å². The van der Waals surface area contributed by atoms with Crippen LogP contribution in [0.2, 0.25) is 5.02 Å². The number of ketones is 1. The molecule has 0 aliphatic heterocycles. The minimum atomic E-state index is -0.250. The minimum absolute atomic E-state index is 0.154. The smallest absolute Gasteiger partial charge is 0.290 e. The molecule has 0 spiro atoms. The number of benzene rings is 2. The summed E-state index contributed by atoms with van der Waals surface area (Å²) in [5, 5.41) is 8.50. The van der Waals surface area contributed by atoms with Gasteiger partial charge in [-0.25, -0.2) is 0 Å². The van der Waals surface area contributed by atoms with Gasteiger partial charge in [0.25, 0.3) is 6.47 Å². The first-order chi connectivity index (χ1) is 11.5. The van der Waals surface area contributed by atoms with Crippen LogP contribution in [0.25, 0.3) is 17.0 Å². The molecule has 3 aromatic rings. The number of carbonyl (C=O) groups excluding carboxylic acids is 1. The fourth-order valence-electron chi connectivity index (χ4n) is 2.11. The maximum absolute atomic E-state index is 12.1. The molecule has 2 aromatic carbocycles. The van der Waals surface area contributed by atoms with Crippen molar-refractivity contribution < 1.29 is 19.1 Å². The predicted octanol–water partition coefficient (Wildman–Crippen LogP) is 4.99. The van der Waals surface area contributed by atoms with E-state index in [1.807, 2.05) is 37.3 Å². The number of fused-ring (bicyclic) bond motifs is 1. The third kappa shape index (κ3) is 4.57. The van der Waals surface area contributed by atoms with E-state index in [1.165, 1.54) is 6.08 Å². The largest absolute Gasteiger partial charge is 0.483 e. The quantitative estimate of drug-likeness (QED) is 0.413. The zero-order chi connectivity index (χ0) is 17.5. The summed E-state index contributed by atoms with van der Waals surface area (Å²) in [7, 11) is 0. The van der Waals surface area contributed by atoms with E-state index in [2.05, 4.69) is 0 Å². The Balaban J connectivity index is 0.000000647. The number of hydrogen-bond acceptors (Lipinski definition) is 3. The van der Waals surface area contributed by atoms with Gasteiger partial charge in [-0.15, -0.1) is 0 Å². The topological polar surface area (TPSA) is 67.5 Å². The molecule has 0 atom stereocenters. The Bertz CT molecular complexity index is 876. The summed E-state index contributed by atoms with van der Waals surface area (Å²) in [5.74, 6) is 0.194. The Morgan fingerprint density at radius 1 is 1.12 bits per heavy atom. The van der Waals surface area contributed by atoms with Crippen LogP contribution < -0.4 is 0 Å². The zero-order valence-corrected chi connectivity index (χ0v) is 13.7. The lowest BCUT2D eigenvalue weighted by atomic mass is 10.1. The third-order valence-corrected chi connectivity index (χ3v) is 3.46. The van der Waals surface area contributed by atoms with Crippen LogP contribution in [0, 0.1) is 6.92 Å². The average Bonchev–Trinajstić information content (AvgIpc) is 2.98. The number of hydrogen-bond donors (Lipinski definition) is 1. The van der Waals surface area contributed by atoms with Gasteiger partial charge in [-0.2, -0.15) is 0 Å². The number of aryl methyl sites for hydroxylation is 1. The predicted molar refractivity (Wildman–Crippen MR) is 94.5 cm³/mol. The van der Waals surface area contributed by atoms with Crippen molar-refractivity contribution in [3.05, 3.63) is 76.5 Å². The van der Waals surface area contributed by atoms with Crippen LogP contribution in [0.1, 0.15) is 21.7 Å². The molecule has 5 heteroatoms. The number of allylic oxidation sites excluding steroid dienone is 1. The van der Waals surface area contributed by atoms with Crippen LogP contribution in [0.3, 0.4) is 0 Å². The van der Waals surface area contributed by atoms with Gasteiger partial charge in [0, 0.05) is 10.4 Å². The number of carboxylic acid groups (broad SMARTS) is 1. The van der Waals surface area contributed by atoms with Crippen molar-refractivity contribution >= 4 is 40.9 Å². The van der Waals surface area contributed by atoms with Crippen molar-refractivity contribution in [1.29, 1.82) is 0 Å². The maximum atomic E-state index is 12.1. The molecule has 0 bridgehead atoms. The normalized spacial score (nSPS) is 10.4. The molecule has 122 valence electrons. The molecule has 1 aromatic heterocycles. The van der Waals surface area contributed by atoms with Crippen molar-refractivity contribution in [3.63, 3.8) is 0 Å². The molecule has 1 heterocycles. The molecule has 1 N–H and O–H groups in total. The molecule has 0 aliphatic rings. The molecule has 0 saturated heterocycles. The molecular formula is C19H15ClO4. The van der Waals surface area contributed by atoms with Crippen LogP contribution in [0.15, 0.2) is 59.0 Å². The van der Waals surface area contributed by atoms with Crippen molar-refractivity contribution in [2.45, 2.75) is 6.92 Å². The highest BCUT2D eigenvalue weighted by molar-refractivity contribution is 6.30. The third-order valence-electron chi connectivity index (χ3n) is 3.21. The summed E-state index contributed by atoms with van der Waals surface area (Å²) < 4.78 is 5.57. The molecule has 4 nitrogen and oxygen atoms in total. The zero-order valence-electron chi connectivity index (χ0n) is 12.9. The Morgan fingerprint density at radius 3 is 2.46 bits per heavy atom. The first kappa shape index (κ1) is 17.5. The van der Waals surface area contributed by atoms with Crippen LogP contribution >= 0.6 is 11.6 Å². The van der Waals surface area contributed by atoms with E-state index in [1.54, 1.807) is 24.3 Å². The van der Waals surface area contributed by atoms with Gasteiger partial charge in [-0.3, -0.25) is 9.59 Å².